The molecule has 0 radical (unpaired) electrons. The van der Waals surface area contributed by atoms with Crippen LogP contribution >= 0.6 is 11.6 Å². The van der Waals surface area contributed by atoms with E-state index in [1.807, 2.05) is 31.2 Å². The van der Waals surface area contributed by atoms with Gasteiger partial charge >= 0.3 is 0 Å². The summed E-state index contributed by atoms with van der Waals surface area (Å²) in [6, 6.07) is 8.29. The maximum Gasteiger partial charge on any atom is 0.135 e. The number of hydrogen-bond acceptors (Lipinski definition) is 4. The first-order valence-electron chi connectivity index (χ1n) is 7.33. The molecule has 2 N–H and O–H groups in total. The Morgan fingerprint density at radius 1 is 1.14 bits per heavy atom. The highest BCUT2D eigenvalue weighted by molar-refractivity contribution is 6.31. The zero-order valence-corrected chi connectivity index (χ0v) is 12.8. The van der Waals surface area contributed by atoms with Crippen LogP contribution in [0.15, 0.2) is 30.6 Å². The molecule has 1 aromatic heterocycles. The summed E-state index contributed by atoms with van der Waals surface area (Å²) in [4.78, 5) is 8.57. The molecule has 5 heteroatoms. The van der Waals surface area contributed by atoms with Crippen molar-refractivity contribution in [2.24, 2.45) is 0 Å². The van der Waals surface area contributed by atoms with Crippen LogP contribution in [0.2, 0.25) is 5.02 Å². The third-order valence-corrected chi connectivity index (χ3v) is 4.31. The van der Waals surface area contributed by atoms with Gasteiger partial charge in [-0.3, -0.25) is 0 Å². The summed E-state index contributed by atoms with van der Waals surface area (Å²) in [5.41, 5.74) is 1.98. The number of rotatable bonds is 4. The van der Waals surface area contributed by atoms with Gasteiger partial charge in [0.15, 0.2) is 0 Å². The van der Waals surface area contributed by atoms with E-state index < -0.39 is 0 Å². The van der Waals surface area contributed by atoms with Crippen molar-refractivity contribution in [3.63, 3.8) is 0 Å². The molecule has 1 fully saturated rings. The van der Waals surface area contributed by atoms with Crippen LogP contribution in [0.5, 0.6) is 0 Å². The van der Waals surface area contributed by atoms with Gasteiger partial charge < -0.3 is 10.6 Å². The highest BCUT2D eigenvalue weighted by Gasteiger charge is 2.15. The van der Waals surface area contributed by atoms with Crippen LogP contribution in [-0.4, -0.2) is 16.0 Å². The minimum Gasteiger partial charge on any atom is -0.367 e. The Kier molecular flexibility index (Phi) is 4.25. The summed E-state index contributed by atoms with van der Waals surface area (Å²) in [7, 11) is 0. The van der Waals surface area contributed by atoms with Gasteiger partial charge in [0.05, 0.1) is 0 Å². The Morgan fingerprint density at radius 3 is 2.71 bits per heavy atom. The Hall–Kier alpha value is -1.81. The Labute approximate surface area is 130 Å². The summed E-state index contributed by atoms with van der Waals surface area (Å²) < 4.78 is 0. The monoisotopic (exact) mass is 302 g/mol. The van der Waals surface area contributed by atoms with Crippen LogP contribution in [0.4, 0.5) is 17.3 Å². The molecule has 110 valence electrons. The van der Waals surface area contributed by atoms with Crippen LogP contribution in [0.3, 0.4) is 0 Å². The fourth-order valence-corrected chi connectivity index (χ4v) is 2.84. The molecular weight excluding hydrogens is 284 g/mol. The van der Waals surface area contributed by atoms with E-state index in [0.717, 1.165) is 27.9 Å². The minimum atomic E-state index is 0.542. The zero-order valence-electron chi connectivity index (χ0n) is 12.1. The lowest BCUT2D eigenvalue weighted by atomic mass is 10.2. The lowest BCUT2D eigenvalue weighted by Gasteiger charge is -2.14. The quantitative estimate of drug-likeness (QED) is 0.871. The van der Waals surface area contributed by atoms with E-state index in [1.54, 1.807) is 6.33 Å². The molecule has 3 rings (SSSR count). The Balaban J connectivity index is 1.74. The highest BCUT2D eigenvalue weighted by atomic mass is 35.5. The molecule has 0 amide bonds. The number of benzene rings is 1. The van der Waals surface area contributed by atoms with Crippen LogP contribution in [0.1, 0.15) is 31.2 Å². The molecule has 0 spiro atoms. The van der Waals surface area contributed by atoms with Crippen LogP contribution in [-0.2, 0) is 0 Å². The van der Waals surface area contributed by atoms with Crippen molar-refractivity contribution in [1.29, 1.82) is 0 Å². The standard InChI is InChI=1S/C16H19ClN4/c1-11-13(17)7-4-8-14(11)21-16-9-15(18-10-19-16)20-12-5-2-3-6-12/h4,7-10,12H,2-3,5-6H2,1H3,(H2,18,19,20,21). The molecule has 1 heterocycles. The summed E-state index contributed by atoms with van der Waals surface area (Å²) in [5, 5.41) is 7.53. The SMILES string of the molecule is Cc1c(Cl)cccc1Nc1cc(NC2CCCC2)ncn1. The number of aromatic nitrogens is 2. The van der Waals surface area contributed by atoms with Gasteiger partial charge in [-0.1, -0.05) is 30.5 Å². The molecule has 0 atom stereocenters. The number of anilines is 3. The van der Waals surface area contributed by atoms with Crippen molar-refractivity contribution < 1.29 is 0 Å². The summed E-state index contributed by atoms with van der Waals surface area (Å²) >= 11 is 6.14. The van der Waals surface area contributed by atoms with Gasteiger partial charge in [-0.05, 0) is 37.5 Å². The molecule has 1 aliphatic rings. The molecule has 0 saturated heterocycles. The lowest BCUT2D eigenvalue weighted by molar-refractivity contribution is 0.750. The van der Waals surface area contributed by atoms with Crippen molar-refractivity contribution in [1.82, 2.24) is 9.97 Å². The van der Waals surface area contributed by atoms with E-state index in [0.29, 0.717) is 6.04 Å². The minimum absolute atomic E-state index is 0.542. The molecule has 0 aliphatic heterocycles. The normalized spacial score (nSPS) is 15.1. The molecule has 2 aromatic rings. The average Bonchev–Trinajstić information content (AvgIpc) is 2.97. The summed E-state index contributed by atoms with van der Waals surface area (Å²) in [6.07, 6.45) is 6.63. The third kappa shape index (κ3) is 3.45. The van der Waals surface area contributed by atoms with E-state index >= 15 is 0 Å². The first-order chi connectivity index (χ1) is 10.2. The molecule has 1 aromatic carbocycles. The molecular formula is C16H19ClN4. The predicted molar refractivity (Wildman–Crippen MR) is 87.4 cm³/mol. The number of nitrogens with one attached hydrogen (secondary N) is 2. The topological polar surface area (TPSA) is 49.8 Å². The third-order valence-electron chi connectivity index (χ3n) is 3.90. The van der Waals surface area contributed by atoms with Crippen molar-refractivity contribution in [2.45, 2.75) is 38.6 Å². The van der Waals surface area contributed by atoms with E-state index in [2.05, 4.69) is 20.6 Å². The molecule has 0 bridgehead atoms. The van der Waals surface area contributed by atoms with Crippen LogP contribution < -0.4 is 10.6 Å². The predicted octanol–water partition coefficient (Wildman–Crippen LogP) is 4.54. The molecule has 4 nitrogen and oxygen atoms in total. The van der Waals surface area contributed by atoms with Gasteiger partial charge in [-0.2, -0.15) is 0 Å². The summed E-state index contributed by atoms with van der Waals surface area (Å²) in [5.74, 6) is 1.65. The Morgan fingerprint density at radius 2 is 1.90 bits per heavy atom. The van der Waals surface area contributed by atoms with E-state index in [4.69, 9.17) is 11.6 Å². The molecule has 0 unspecified atom stereocenters. The first-order valence-corrected chi connectivity index (χ1v) is 7.71. The van der Waals surface area contributed by atoms with Crippen molar-refractivity contribution in [3.8, 4) is 0 Å². The first kappa shape index (κ1) is 14.1. The number of halogens is 1. The van der Waals surface area contributed by atoms with E-state index in [-0.39, 0.29) is 0 Å². The van der Waals surface area contributed by atoms with Gasteiger partial charge in [0.25, 0.3) is 0 Å². The fraction of sp³-hybridized carbons (Fsp3) is 0.375. The van der Waals surface area contributed by atoms with Crippen molar-refractivity contribution in [2.75, 3.05) is 10.6 Å². The number of nitrogens with zero attached hydrogens (tertiary/aromatic N) is 2. The maximum absolute atomic E-state index is 6.14. The van der Waals surface area contributed by atoms with Gasteiger partial charge in [-0.25, -0.2) is 9.97 Å². The second-order valence-electron chi connectivity index (χ2n) is 5.45. The van der Waals surface area contributed by atoms with Crippen LogP contribution in [0, 0.1) is 6.92 Å². The molecule has 1 aliphatic carbocycles. The van der Waals surface area contributed by atoms with Gasteiger partial charge in [0, 0.05) is 22.8 Å². The van der Waals surface area contributed by atoms with E-state index in [9.17, 15) is 0 Å². The Bertz CT molecular complexity index is 623. The fourth-order valence-electron chi connectivity index (χ4n) is 2.66. The summed E-state index contributed by atoms with van der Waals surface area (Å²) in [6.45, 7) is 1.99. The van der Waals surface area contributed by atoms with Gasteiger partial charge in [0.1, 0.15) is 18.0 Å². The van der Waals surface area contributed by atoms with Gasteiger partial charge in [0.2, 0.25) is 0 Å². The van der Waals surface area contributed by atoms with E-state index in [1.165, 1.54) is 25.7 Å². The van der Waals surface area contributed by atoms with Crippen molar-refractivity contribution in [3.05, 3.63) is 41.2 Å². The largest absolute Gasteiger partial charge is 0.367 e. The molecule has 1 saturated carbocycles. The second kappa shape index (κ2) is 6.31. The second-order valence-corrected chi connectivity index (χ2v) is 5.86. The highest BCUT2D eigenvalue weighted by Crippen LogP contribution is 2.26. The maximum atomic E-state index is 6.14. The van der Waals surface area contributed by atoms with Crippen LogP contribution in [0.25, 0.3) is 0 Å². The van der Waals surface area contributed by atoms with Gasteiger partial charge in [-0.15, -0.1) is 0 Å². The molecule has 21 heavy (non-hydrogen) atoms. The average molecular weight is 303 g/mol. The van der Waals surface area contributed by atoms with Crippen molar-refractivity contribution >= 4 is 28.9 Å². The zero-order chi connectivity index (χ0) is 14.7. The smallest absolute Gasteiger partial charge is 0.135 e. The lowest BCUT2D eigenvalue weighted by Crippen LogP contribution is -2.15. The number of hydrogen-bond donors (Lipinski definition) is 2.